The number of methoxy groups -OCH3 is 1. The molecule has 18 heavy (non-hydrogen) atoms. The fourth-order valence-corrected chi connectivity index (χ4v) is 1.77. The molecule has 0 aliphatic rings. The second-order valence-electron chi connectivity index (χ2n) is 5.66. The van der Waals surface area contributed by atoms with Crippen molar-refractivity contribution in [3.05, 3.63) is 30.5 Å². The lowest BCUT2D eigenvalue weighted by molar-refractivity contribution is 0.415. The van der Waals surface area contributed by atoms with Gasteiger partial charge in [-0.05, 0) is 35.1 Å². The molecule has 0 fully saturated rings. The third-order valence-electron chi connectivity index (χ3n) is 2.76. The van der Waals surface area contributed by atoms with Crippen LogP contribution in [0.2, 0.25) is 0 Å². The Morgan fingerprint density at radius 3 is 2.67 bits per heavy atom. The standard InChI is InChI=1S/C15H20N2O/c1-15(2,3)10-17-14-13-6-5-12(18-4)9-11(13)7-8-16-14/h5-9H,10H2,1-4H3,(H,16,17). The Kier molecular flexibility index (Phi) is 3.41. The van der Waals surface area contributed by atoms with Crippen LogP contribution in [0.1, 0.15) is 20.8 Å². The van der Waals surface area contributed by atoms with Gasteiger partial charge in [0.05, 0.1) is 7.11 Å². The molecular weight excluding hydrogens is 224 g/mol. The molecule has 0 saturated heterocycles. The van der Waals surface area contributed by atoms with Gasteiger partial charge in [-0.2, -0.15) is 0 Å². The van der Waals surface area contributed by atoms with Gasteiger partial charge in [-0.25, -0.2) is 4.98 Å². The van der Waals surface area contributed by atoms with Crippen LogP contribution in [0.5, 0.6) is 5.75 Å². The summed E-state index contributed by atoms with van der Waals surface area (Å²) < 4.78 is 5.24. The van der Waals surface area contributed by atoms with Crippen LogP contribution in [-0.2, 0) is 0 Å². The van der Waals surface area contributed by atoms with E-state index in [4.69, 9.17) is 4.74 Å². The molecule has 0 unspecified atom stereocenters. The predicted molar refractivity (Wildman–Crippen MR) is 76.2 cm³/mol. The van der Waals surface area contributed by atoms with E-state index in [2.05, 4.69) is 31.1 Å². The fraction of sp³-hybridized carbons (Fsp3) is 0.400. The first-order chi connectivity index (χ1) is 8.49. The summed E-state index contributed by atoms with van der Waals surface area (Å²) in [5.74, 6) is 1.81. The number of ether oxygens (including phenoxy) is 1. The number of anilines is 1. The number of benzene rings is 1. The molecule has 1 aromatic carbocycles. The highest BCUT2D eigenvalue weighted by Crippen LogP contribution is 2.26. The van der Waals surface area contributed by atoms with Crippen LogP contribution in [-0.4, -0.2) is 18.6 Å². The summed E-state index contributed by atoms with van der Waals surface area (Å²) in [7, 11) is 1.68. The Labute approximate surface area is 108 Å². The molecule has 1 N–H and O–H groups in total. The summed E-state index contributed by atoms with van der Waals surface area (Å²) in [4.78, 5) is 4.41. The van der Waals surface area contributed by atoms with Gasteiger partial charge in [0, 0.05) is 18.1 Å². The lowest BCUT2D eigenvalue weighted by Gasteiger charge is -2.19. The Balaban J connectivity index is 2.34. The number of nitrogens with zero attached hydrogens (tertiary/aromatic N) is 1. The second-order valence-corrected chi connectivity index (χ2v) is 5.66. The van der Waals surface area contributed by atoms with E-state index in [1.165, 1.54) is 0 Å². The van der Waals surface area contributed by atoms with E-state index in [9.17, 15) is 0 Å². The van der Waals surface area contributed by atoms with Gasteiger partial charge in [-0.3, -0.25) is 0 Å². The monoisotopic (exact) mass is 244 g/mol. The van der Waals surface area contributed by atoms with E-state index in [-0.39, 0.29) is 5.41 Å². The maximum Gasteiger partial charge on any atom is 0.133 e. The molecule has 1 heterocycles. The molecule has 1 aromatic heterocycles. The van der Waals surface area contributed by atoms with E-state index in [1.54, 1.807) is 7.11 Å². The molecule has 0 radical (unpaired) electrons. The highest BCUT2D eigenvalue weighted by Gasteiger charge is 2.11. The van der Waals surface area contributed by atoms with E-state index in [0.29, 0.717) is 0 Å². The van der Waals surface area contributed by atoms with Crippen LogP contribution in [0.4, 0.5) is 5.82 Å². The van der Waals surface area contributed by atoms with Crippen LogP contribution in [0.25, 0.3) is 10.8 Å². The number of aromatic nitrogens is 1. The number of pyridine rings is 1. The summed E-state index contributed by atoms with van der Waals surface area (Å²) in [6.45, 7) is 7.50. The molecule has 0 aliphatic heterocycles. The molecule has 2 rings (SSSR count). The third kappa shape index (κ3) is 2.92. The molecule has 3 heteroatoms. The maximum atomic E-state index is 5.24. The van der Waals surface area contributed by atoms with Crippen molar-refractivity contribution in [3.63, 3.8) is 0 Å². The fourth-order valence-electron chi connectivity index (χ4n) is 1.77. The van der Waals surface area contributed by atoms with Gasteiger partial charge in [0.25, 0.3) is 0 Å². The number of hydrogen-bond donors (Lipinski definition) is 1. The predicted octanol–water partition coefficient (Wildman–Crippen LogP) is 3.70. The molecule has 0 amide bonds. The lowest BCUT2D eigenvalue weighted by Crippen LogP contribution is -2.19. The average Bonchev–Trinajstić information content (AvgIpc) is 2.34. The first-order valence-electron chi connectivity index (χ1n) is 6.16. The van der Waals surface area contributed by atoms with Crippen LogP contribution in [0.15, 0.2) is 30.5 Å². The third-order valence-corrected chi connectivity index (χ3v) is 2.76. The molecule has 3 nitrogen and oxygen atoms in total. The SMILES string of the molecule is COc1ccc2c(NCC(C)(C)C)nccc2c1. The van der Waals surface area contributed by atoms with E-state index < -0.39 is 0 Å². The molecule has 0 bridgehead atoms. The number of nitrogens with one attached hydrogen (secondary N) is 1. The minimum atomic E-state index is 0.232. The van der Waals surface area contributed by atoms with Crippen LogP contribution in [0, 0.1) is 5.41 Å². The smallest absolute Gasteiger partial charge is 0.133 e. The highest BCUT2D eigenvalue weighted by molar-refractivity contribution is 5.92. The van der Waals surface area contributed by atoms with Crippen molar-refractivity contribution in [3.8, 4) is 5.75 Å². The Bertz CT molecular complexity index is 544. The summed E-state index contributed by atoms with van der Waals surface area (Å²) in [5, 5.41) is 5.68. The van der Waals surface area contributed by atoms with Crippen LogP contribution >= 0.6 is 0 Å². The summed E-state index contributed by atoms with van der Waals surface area (Å²) in [5.41, 5.74) is 0.232. The molecule has 0 atom stereocenters. The Morgan fingerprint density at radius 2 is 2.00 bits per heavy atom. The minimum absolute atomic E-state index is 0.232. The van der Waals surface area contributed by atoms with Crippen LogP contribution in [0.3, 0.4) is 0 Å². The summed E-state index contributed by atoms with van der Waals surface area (Å²) in [6.07, 6.45) is 1.83. The summed E-state index contributed by atoms with van der Waals surface area (Å²) in [6, 6.07) is 8.04. The van der Waals surface area contributed by atoms with Crippen molar-refractivity contribution in [2.75, 3.05) is 19.0 Å². The van der Waals surface area contributed by atoms with Crippen molar-refractivity contribution >= 4 is 16.6 Å². The van der Waals surface area contributed by atoms with Crippen LogP contribution < -0.4 is 10.1 Å². The molecule has 2 aromatic rings. The van der Waals surface area contributed by atoms with Crippen molar-refractivity contribution in [2.24, 2.45) is 5.41 Å². The van der Waals surface area contributed by atoms with Crippen molar-refractivity contribution < 1.29 is 4.74 Å². The zero-order chi connectivity index (χ0) is 13.2. The van der Waals surface area contributed by atoms with E-state index in [0.717, 1.165) is 28.9 Å². The lowest BCUT2D eigenvalue weighted by atomic mass is 9.97. The van der Waals surface area contributed by atoms with Crippen molar-refractivity contribution in [1.82, 2.24) is 4.98 Å². The molecule has 0 saturated carbocycles. The normalized spacial score (nSPS) is 11.6. The molecule has 0 spiro atoms. The Hall–Kier alpha value is -1.77. The van der Waals surface area contributed by atoms with Crippen molar-refractivity contribution in [1.29, 1.82) is 0 Å². The van der Waals surface area contributed by atoms with Gasteiger partial charge < -0.3 is 10.1 Å². The summed E-state index contributed by atoms with van der Waals surface area (Å²) >= 11 is 0. The molecule has 96 valence electrons. The quantitative estimate of drug-likeness (QED) is 0.894. The van der Waals surface area contributed by atoms with Gasteiger partial charge in [0.15, 0.2) is 0 Å². The van der Waals surface area contributed by atoms with Gasteiger partial charge in [0.2, 0.25) is 0 Å². The minimum Gasteiger partial charge on any atom is -0.497 e. The molecular formula is C15H20N2O. The van der Waals surface area contributed by atoms with Gasteiger partial charge in [-0.15, -0.1) is 0 Å². The zero-order valence-electron chi connectivity index (χ0n) is 11.4. The highest BCUT2D eigenvalue weighted by atomic mass is 16.5. The second kappa shape index (κ2) is 4.84. The van der Waals surface area contributed by atoms with Crippen molar-refractivity contribution in [2.45, 2.75) is 20.8 Å². The van der Waals surface area contributed by atoms with Gasteiger partial charge in [0.1, 0.15) is 11.6 Å². The first-order valence-corrected chi connectivity index (χ1v) is 6.16. The van der Waals surface area contributed by atoms with E-state index in [1.807, 2.05) is 30.5 Å². The molecule has 0 aliphatic carbocycles. The van der Waals surface area contributed by atoms with Gasteiger partial charge >= 0.3 is 0 Å². The Morgan fingerprint density at radius 1 is 1.22 bits per heavy atom. The first kappa shape index (κ1) is 12.7. The number of fused-ring (bicyclic) bond motifs is 1. The zero-order valence-corrected chi connectivity index (χ0v) is 11.4. The maximum absolute atomic E-state index is 5.24. The van der Waals surface area contributed by atoms with Gasteiger partial charge in [-0.1, -0.05) is 20.8 Å². The largest absolute Gasteiger partial charge is 0.497 e. The number of rotatable bonds is 3. The topological polar surface area (TPSA) is 34.1 Å². The average molecular weight is 244 g/mol. The number of hydrogen-bond acceptors (Lipinski definition) is 3. The van der Waals surface area contributed by atoms with E-state index >= 15 is 0 Å².